The van der Waals surface area contributed by atoms with Gasteiger partial charge in [-0.1, -0.05) is 27.7 Å². The molecule has 2 heterocycles. The Kier molecular flexibility index (Phi) is 6.71. The third-order valence-electron chi connectivity index (χ3n) is 1.48. The van der Waals surface area contributed by atoms with Gasteiger partial charge in [0.2, 0.25) is 0 Å². The first kappa shape index (κ1) is 13.9. The summed E-state index contributed by atoms with van der Waals surface area (Å²) in [6.07, 6.45) is 1.54. The molecular weight excluding hydrogens is 208 g/mol. The Morgan fingerprint density at radius 3 is 2.40 bits per heavy atom. The molecule has 2 aromatic heterocycles. The predicted molar refractivity (Wildman–Crippen MR) is 67.8 cm³/mol. The Bertz CT molecular complexity index is 440. The van der Waals surface area contributed by atoms with E-state index in [1.54, 1.807) is 18.4 Å². The van der Waals surface area contributed by atoms with Gasteiger partial charge in [0.1, 0.15) is 0 Å². The molecule has 0 amide bonds. The van der Waals surface area contributed by atoms with Crippen LogP contribution in [-0.4, -0.2) is 0 Å². The highest BCUT2D eigenvalue weighted by Crippen LogP contribution is 2.18. The molecule has 0 saturated heterocycles. The summed E-state index contributed by atoms with van der Waals surface area (Å²) in [4.78, 5) is 12.9. The summed E-state index contributed by atoms with van der Waals surface area (Å²) >= 11 is 1.50. The van der Waals surface area contributed by atoms with Crippen molar-refractivity contribution >= 4 is 21.6 Å². The highest BCUT2D eigenvalue weighted by Gasteiger charge is 2.01. The normalized spacial score (nSPS) is 8.60. The van der Waals surface area contributed by atoms with Gasteiger partial charge in [0.05, 0.1) is 11.6 Å². The Morgan fingerprint density at radius 1 is 1.20 bits per heavy atom. The molecule has 15 heavy (non-hydrogen) atoms. The monoisotopic (exact) mass is 226 g/mol. The van der Waals surface area contributed by atoms with Gasteiger partial charge in [0, 0.05) is 4.88 Å². The maximum absolute atomic E-state index is 11.2. The van der Waals surface area contributed by atoms with E-state index in [1.165, 1.54) is 11.3 Å². The van der Waals surface area contributed by atoms with Gasteiger partial charge in [-0.15, -0.1) is 11.3 Å². The van der Waals surface area contributed by atoms with Gasteiger partial charge in [-0.25, -0.2) is 0 Å². The second-order valence-corrected chi connectivity index (χ2v) is 3.56. The molecule has 0 aliphatic carbocycles. The minimum atomic E-state index is 0.0463. The SMILES string of the molecule is CC.CC.Cc1cc(=O)c2ccoc2s1. The van der Waals surface area contributed by atoms with Crippen LogP contribution in [-0.2, 0) is 0 Å². The van der Waals surface area contributed by atoms with Crippen molar-refractivity contribution in [2.24, 2.45) is 0 Å². The van der Waals surface area contributed by atoms with E-state index in [0.717, 1.165) is 9.77 Å². The van der Waals surface area contributed by atoms with Crippen molar-refractivity contribution in [2.45, 2.75) is 34.6 Å². The fourth-order valence-corrected chi connectivity index (χ4v) is 1.84. The first-order chi connectivity index (χ1) is 7.27. The molecule has 0 bridgehead atoms. The first-order valence-corrected chi connectivity index (χ1v) is 6.07. The van der Waals surface area contributed by atoms with E-state index in [0.29, 0.717) is 5.39 Å². The third-order valence-corrected chi connectivity index (χ3v) is 2.42. The van der Waals surface area contributed by atoms with Gasteiger partial charge in [0.25, 0.3) is 0 Å². The summed E-state index contributed by atoms with van der Waals surface area (Å²) in [6.45, 7) is 9.90. The second kappa shape index (κ2) is 7.23. The van der Waals surface area contributed by atoms with Crippen LogP contribution in [0.15, 0.2) is 27.6 Å². The van der Waals surface area contributed by atoms with Crippen LogP contribution in [0.4, 0.5) is 0 Å². The fraction of sp³-hybridized carbons (Fsp3) is 0.417. The van der Waals surface area contributed by atoms with E-state index in [-0.39, 0.29) is 5.43 Å². The lowest BCUT2D eigenvalue weighted by Gasteiger charge is -1.87. The Balaban J connectivity index is 0.000000442. The molecule has 2 rings (SSSR count). The molecule has 0 aromatic carbocycles. The van der Waals surface area contributed by atoms with Crippen molar-refractivity contribution in [3.8, 4) is 0 Å². The molecule has 0 atom stereocenters. The molecule has 0 unspecified atom stereocenters. The number of aryl methyl sites for hydroxylation is 1. The van der Waals surface area contributed by atoms with Crippen molar-refractivity contribution in [1.29, 1.82) is 0 Å². The Morgan fingerprint density at radius 2 is 1.80 bits per heavy atom. The van der Waals surface area contributed by atoms with Crippen LogP contribution in [0.1, 0.15) is 32.6 Å². The lowest BCUT2D eigenvalue weighted by Crippen LogP contribution is -1.95. The van der Waals surface area contributed by atoms with Crippen LogP contribution in [0, 0.1) is 6.92 Å². The number of rotatable bonds is 0. The quantitative estimate of drug-likeness (QED) is 0.673. The maximum Gasteiger partial charge on any atom is 0.191 e. The van der Waals surface area contributed by atoms with Crippen molar-refractivity contribution in [2.75, 3.05) is 0 Å². The minimum absolute atomic E-state index is 0.0463. The van der Waals surface area contributed by atoms with Crippen LogP contribution < -0.4 is 5.43 Å². The van der Waals surface area contributed by atoms with Crippen LogP contribution in [0.25, 0.3) is 10.3 Å². The smallest absolute Gasteiger partial charge is 0.191 e. The van der Waals surface area contributed by atoms with E-state index in [9.17, 15) is 4.79 Å². The van der Waals surface area contributed by atoms with Crippen LogP contribution >= 0.6 is 11.3 Å². The standard InChI is InChI=1S/C8H6O2S.2C2H6/c1-5-4-7(9)6-2-3-10-8(6)11-5;2*1-2/h2-4H,1H3;2*1-2H3. The lowest BCUT2D eigenvalue weighted by atomic mass is 10.3. The second-order valence-electron chi connectivity index (χ2n) is 2.34. The van der Waals surface area contributed by atoms with Gasteiger partial charge in [-0.05, 0) is 19.1 Å². The molecule has 0 aliphatic rings. The fourth-order valence-electron chi connectivity index (χ4n) is 0.995. The largest absolute Gasteiger partial charge is 0.453 e. The highest BCUT2D eigenvalue weighted by atomic mass is 32.1. The summed E-state index contributed by atoms with van der Waals surface area (Å²) < 4.78 is 5.10. The van der Waals surface area contributed by atoms with E-state index >= 15 is 0 Å². The zero-order valence-electron chi connectivity index (χ0n) is 9.96. The average molecular weight is 226 g/mol. The van der Waals surface area contributed by atoms with E-state index in [2.05, 4.69) is 0 Å². The van der Waals surface area contributed by atoms with Gasteiger partial charge in [-0.2, -0.15) is 0 Å². The summed E-state index contributed by atoms with van der Waals surface area (Å²) in [6, 6.07) is 3.33. The highest BCUT2D eigenvalue weighted by molar-refractivity contribution is 7.17. The summed E-state index contributed by atoms with van der Waals surface area (Å²) in [5.41, 5.74) is 0.0463. The van der Waals surface area contributed by atoms with E-state index in [1.807, 2.05) is 34.6 Å². The van der Waals surface area contributed by atoms with Crippen molar-refractivity contribution in [3.63, 3.8) is 0 Å². The van der Waals surface area contributed by atoms with Crippen molar-refractivity contribution in [3.05, 3.63) is 33.5 Å². The Hall–Kier alpha value is -1.09. The van der Waals surface area contributed by atoms with Gasteiger partial charge in [-0.3, -0.25) is 4.79 Å². The van der Waals surface area contributed by atoms with Crippen molar-refractivity contribution < 1.29 is 4.42 Å². The number of fused-ring (bicyclic) bond motifs is 1. The van der Waals surface area contributed by atoms with Crippen molar-refractivity contribution in [1.82, 2.24) is 0 Å². The molecule has 0 fully saturated rings. The molecule has 2 nitrogen and oxygen atoms in total. The summed E-state index contributed by atoms with van der Waals surface area (Å²) in [5.74, 6) is 0. The molecule has 0 spiro atoms. The molecule has 0 radical (unpaired) electrons. The predicted octanol–water partition coefficient (Wildman–Crippen LogP) is 4.22. The average Bonchev–Trinajstić information content (AvgIpc) is 2.72. The topological polar surface area (TPSA) is 30.2 Å². The lowest BCUT2D eigenvalue weighted by molar-refractivity contribution is 0.623. The zero-order valence-corrected chi connectivity index (χ0v) is 10.8. The molecule has 0 saturated carbocycles. The molecule has 0 aliphatic heterocycles. The number of hydrogen-bond acceptors (Lipinski definition) is 3. The zero-order chi connectivity index (χ0) is 11.8. The third kappa shape index (κ3) is 3.51. The van der Waals surface area contributed by atoms with Crippen LogP contribution in [0.5, 0.6) is 0 Å². The molecule has 84 valence electrons. The Labute approximate surface area is 94.6 Å². The van der Waals surface area contributed by atoms with Crippen LogP contribution in [0.2, 0.25) is 0 Å². The summed E-state index contributed by atoms with van der Waals surface area (Å²) in [5, 5.41) is 0.681. The van der Waals surface area contributed by atoms with Gasteiger partial charge < -0.3 is 4.42 Å². The molecular formula is C12H18O2S. The van der Waals surface area contributed by atoms with Gasteiger partial charge >= 0.3 is 0 Å². The first-order valence-electron chi connectivity index (χ1n) is 5.25. The summed E-state index contributed by atoms with van der Waals surface area (Å²) in [7, 11) is 0. The molecule has 0 N–H and O–H groups in total. The number of furan rings is 1. The van der Waals surface area contributed by atoms with Gasteiger partial charge in [0.15, 0.2) is 10.3 Å². The molecule has 3 heteroatoms. The molecule has 2 aromatic rings. The minimum Gasteiger partial charge on any atom is -0.453 e. The van der Waals surface area contributed by atoms with E-state index in [4.69, 9.17) is 4.42 Å². The van der Waals surface area contributed by atoms with Crippen LogP contribution in [0.3, 0.4) is 0 Å². The van der Waals surface area contributed by atoms with E-state index < -0.39 is 0 Å². The number of hydrogen-bond donors (Lipinski definition) is 0. The maximum atomic E-state index is 11.2.